The fourth-order valence-electron chi connectivity index (χ4n) is 3.62. The van der Waals surface area contributed by atoms with Gasteiger partial charge in [-0.3, -0.25) is 9.78 Å². The highest BCUT2D eigenvalue weighted by molar-refractivity contribution is 5.80. The molecule has 1 aliphatic heterocycles. The average Bonchev–Trinajstić information content (AvgIpc) is 2.68. The smallest absolute Gasteiger partial charge is 0.227 e. The van der Waals surface area contributed by atoms with Gasteiger partial charge < -0.3 is 4.90 Å². The predicted octanol–water partition coefficient (Wildman–Crippen LogP) is 3.94. The van der Waals surface area contributed by atoms with E-state index < -0.39 is 0 Å². The zero-order valence-corrected chi connectivity index (χ0v) is 14.3. The molecule has 0 saturated heterocycles. The highest BCUT2D eigenvalue weighted by Gasteiger charge is 2.31. The molecule has 0 bridgehead atoms. The monoisotopic (exact) mass is 346 g/mol. The third kappa shape index (κ3) is 3.23. The second-order valence-corrected chi connectivity index (χ2v) is 6.52. The fourth-order valence-corrected chi connectivity index (χ4v) is 3.62. The van der Waals surface area contributed by atoms with Gasteiger partial charge in [-0.1, -0.05) is 36.4 Å². The van der Waals surface area contributed by atoms with E-state index in [0.717, 1.165) is 23.1 Å². The molecule has 1 atom stereocenters. The Morgan fingerprint density at radius 3 is 2.54 bits per heavy atom. The number of halogens is 1. The summed E-state index contributed by atoms with van der Waals surface area (Å²) in [4.78, 5) is 19.0. The van der Waals surface area contributed by atoms with Gasteiger partial charge in [0.2, 0.25) is 5.91 Å². The van der Waals surface area contributed by atoms with E-state index in [0.29, 0.717) is 13.0 Å². The Hall–Kier alpha value is -3.01. The Labute approximate surface area is 152 Å². The van der Waals surface area contributed by atoms with Gasteiger partial charge in [0.1, 0.15) is 5.82 Å². The number of nitrogens with zero attached hydrogens (tertiary/aromatic N) is 2. The van der Waals surface area contributed by atoms with E-state index in [2.05, 4.69) is 17.1 Å². The molecule has 4 rings (SSSR count). The Morgan fingerprint density at radius 2 is 1.77 bits per heavy atom. The summed E-state index contributed by atoms with van der Waals surface area (Å²) in [5.41, 5.74) is 4.24. The van der Waals surface area contributed by atoms with Gasteiger partial charge in [0.05, 0.1) is 12.5 Å². The van der Waals surface area contributed by atoms with Crippen LogP contribution in [-0.2, 0) is 17.6 Å². The Morgan fingerprint density at radius 1 is 1.04 bits per heavy atom. The summed E-state index contributed by atoms with van der Waals surface area (Å²) in [6, 6.07) is 18.2. The van der Waals surface area contributed by atoms with Crippen molar-refractivity contribution in [2.75, 3.05) is 6.54 Å². The molecule has 1 amide bonds. The molecule has 1 aliphatic rings. The van der Waals surface area contributed by atoms with Crippen LogP contribution in [0.15, 0.2) is 73.1 Å². The second kappa shape index (κ2) is 7.08. The molecular weight excluding hydrogens is 327 g/mol. The van der Waals surface area contributed by atoms with Gasteiger partial charge >= 0.3 is 0 Å². The van der Waals surface area contributed by atoms with Gasteiger partial charge in [-0.15, -0.1) is 0 Å². The van der Waals surface area contributed by atoms with Gasteiger partial charge in [0.25, 0.3) is 0 Å². The SMILES string of the molecule is O=C(Cc1ccncc1)N1CCc2ccccc2[C@@H]1c1ccc(F)cc1. The van der Waals surface area contributed by atoms with E-state index in [1.165, 1.54) is 17.7 Å². The van der Waals surface area contributed by atoms with E-state index in [1.54, 1.807) is 24.5 Å². The molecule has 0 N–H and O–H groups in total. The molecule has 0 unspecified atom stereocenters. The lowest BCUT2D eigenvalue weighted by atomic mass is 9.88. The molecule has 3 aromatic rings. The maximum Gasteiger partial charge on any atom is 0.227 e. The van der Waals surface area contributed by atoms with E-state index in [9.17, 15) is 9.18 Å². The maximum absolute atomic E-state index is 13.4. The van der Waals surface area contributed by atoms with Gasteiger partial charge in [-0.25, -0.2) is 4.39 Å². The molecule has 0 aliphatic carbocycles. The molecular formula is C22H19FN2O. The Balaban J connectivity index is 1.71. The lowest BCUT2D eigenvalue weighted by Gasteiger charge is -2.38. The number of benzene rings is 2. The first-order valence-corrected chi connectivity index (χ1v) is 8.74. The minimum atomic E-state index is -0.271. The quantitative estimate of drug-likeness (QED) is 0.720. The van der Waals surface area contributed by atoms with E-state index in [-0.39, 0.29) is 17.8 Å². The molecule has 4 heteroatoms. The summed E-state index contributed by atoms with van der Waals surface area (Å²) in [5, 5.41) is 0. The van der Waals surface area contributed by atoms with Crippen molar-refractivity contribution in [3.63, 3.8) is 0 Å². The minimum Gasteiger partial charge on any atom is -0.331 e. The van der Waals surface area contributed by atoms with Crippen molar-refractivity contribution >= 4 is 5.91 Å². The maximum atomic E-state index is 13.4. The van der Waals surface area contributed by atoms with Crippen LogP contribution in [0.2, 0.25) is 0 Å². The molecule has 0 saturated carbocycles. The normalized spacial score (nSPS) is 16.2. The molecule has 0 radical (unpaired) electrons. The first-order valence-electron chi connectivity index (χ1n) is 8.74. The number of amides is 1. The zero-order valence-electron chi connectivity index (χ0n) is 14.3. The molecule has 2 aromatic carbocycles. The number of fused-ring (bicyclic) bond motifs is 1. The van der Waals surface area contributed by atoms with Gasteiger partial charge in [-0.05, 0) is 52.9 Å². The highest BCUT2D eigenvalue weighted by Crippen LogP contribution is 2.35. The number of pyridine rings is 1. The van der Waals surface area contributed by atoms with Crippen molar-refractivity contribution in [1.82, 2.24) is 9.88 Å². The molecule has 0 spiro atoms. The summed E-state index contributed by atoms with van der Waals surface area (Å²) >= 11 is 0. The summed E-state index contributed by atoms with van der Waals surface area (Å²) in [6.45, 7) is 0.656. The van der Waals surface area contributed by atoms with Crippen LogP contribution < -0.4 is 0 Å². The number of hydrogen-bond acceptors (Lipinski definition) is 2. The molecule has 1 aromatic heterocycles. The lowest BCUT2D eigenvalue weighted by Crippen LogP contribution is -2.41. The van der Waals surface area contributed by atoms with Gasteiger partial charge in [0, 0.05) is 18.9 Å². The minimum absolute atomic E-state index is 0.0695. The van der Waals surface area contributed by atoms with Crippen LogP contribution in [0.5, 0.6) is 0 Å². The number of aromatic nitrogens is 1. The van der Waals surface area contributed by atoms with E-state index in [1.807, 2.05) is 29.2 Å². The van der Waals surface area contributed by atoms with Crippen molar-refractivity contribution in [2.45, 2.75) is 18.9 Å². The first kappa shape index (κ1) is 16.5. The molecule has 3 nitrogen and oxygen atoms in total. The third-order valence-electron chi connectivity index (χ3n) is 4.89. The summed E-state index contributed by atoms with van der Waals surface area (Å²) in [5.74, 6) is -0.201. The van der Waals surface area contributed by atoms with E-state index in [4.69, 9.17) is 0 Å². The topological polar surface area (TPSA) is 33.2 Å². The van der Waals surface area contributed by atoms with Crippen molar-refractivity contribution < 1.29 is 9.18 Å². The highest BCUT2D eigenvalue weighted by atomic mass is 19.1. The van der Waals surface area contributed by atoms with Crippen LogP contribution in [0.3, 0.4) is 0 Å². The Bertz CT molecular complexity index is 909. The average molecular weight is 346 g/mol. The van der Waals surface area contributed by atoms with Crippen molar-refractivity contribution in [2.24, 2.45) is 0 Å². The number of hydrogen-bond donors (Lipinski definition) is 0. The van der Waals surface area contributed by atoms with Crippen LogP contribution in [-0.4, -0.2) is 22.3 Å². The van der Waals surface area contributed by atoms with Crippen LogP contribution in [0.4, 0.5) is 4.39 Å². The zero-order chi connectivity index (χ0) is 17.9. The van der Waals surface area contributed by atoms with E-state index >= 15 is 0 Å². The van der Waals surface area contributed by atoms with Gasteiger partial charge in [0.15, 0.2) is 0 Å². The van der Waals surface area contributed by atoms with Gasteiger partial charge in [-0.2, -0.15) is 0 Å². The van der Waals surface area contributed by atoms with Crippen LogP contribution in [0.1, 0.15) is 28.3 Å². The summed E-state index contributed by atoms with van der Waals surface area (Å²) < 4.78 is 13.4. The van der Waals surface area contributed by atoms with Crippen LogP contribution in [0, 0.1) is 5.82 Å². The molecule has 130 valence electrons. The Kier molecular flexibility index (Phi) is 4.48. The molecule has 2 heterocycles. The summed E-state index contributed by atoms with van der Waals surface area (Å²) in [7, 11) is 0. The number of carbonyl (C=O) groups is 1. The number of rotatable bonds is 3. The first-order chi connectivity index (χ1) is 12.7. The molecule has 0 fully saturated rings. The standard InChI is InChI=1S/C22H19FN2O/c23-19-7-5-18(6-8-19)22-20-4-2-1-3-17(20)11-14-25(22)21(26)15-16-9-12-24-13-10-16/h1-10,12-13,22H,11,14-15H2/t22-/m0/s1. The van der Waals surface area contributed by atoms with Crippen LogP contribution >= 0.6 is 0 Å². The fraction of sp³-hybridized carbons (Fsp3) is 0.182. The van der Waals surface area contributed by atoms with Crippen molar-refractivity contribution in [3.8, 4) is 0 Å². The number of carbonyl (C=O) groups excluding carboxylic acids is 1. The van der Waals surface area contributed by atoms with Crippen LogP contribution in [0.25, 0.3) is 0 Å². The lowest BCUT2D eigenvalue weighted by molar-refractivity contribution is -0.132. The predicted molar refractivity (Wildman–Crippen MR) is 98.0 cm³/mol. The molecule has 26 heavy (non-hydrogen) atoms. The largest absolute Gasteiger partial charge is 0.331 e. The summed E-state index contributed by atoms with van der Waals surface area (Å²) in [6.07, 6.45) is 4.56. The third-order valence-corrected chi connectivity index (χ3v) is 4.89. The van der Waals surface area contributed by atoms with Crippen molar-refractivity contribution in [3.05, 3.63) is 101 Å². The second-order valence-electron chi connectivity index (χ2n) is 6.52. The van der Waals surface area contributed by atoms with Crippen molar-refractivity contribution in [1.29, 1.82) is 0 Å².